The maximum atomic E-state index is 5.54. The molecule has 0 aliphatic heterocycles. The average Bonchev–Trinajstić information content (AvgIpc) is 3.15. The molecule has 0 saturated heterocycles. The lowest BCUT2D eigenvalue weighted by molar-refractivity contribution is 0.196. The second-order valence-corrected chi connectivity index (χ2v) is 6.70. The van der Waals surface area contributed by atoms with Crippen LogP contribution < -0.4 is 10.5 Å². The SMILES string of the molecule is COc1ccccc1-c1ccc(CN(Cc2noc(CN)n2)C(C)C)cc1. The number of nitrogens with zero attached hydrogens (tertiary/aromatic N) is 3. The molecular weight excluding hydrogens is 340 g/mol. The molecule has 0 aliphatic carbocycles. The van der Waals surface area contributed by atoms with Crippen LogP contribution in [-0.4, -0.2) is 28.2 Å². The van der Waals surface area contributed by atoms with Gasteiger partial charge in [0.1, 0.15) is 5.75 Å². The van der Waals surface area contributed by atoms with Crippen molar-refractivity contribution in [2.45, 2.75) is 39.5 Å². The van der Waals surface area contributed by atoms with Crippen molar-refractivity contribution < 1.29 is 9.26 Å². The molecular formula is C21H26N4O2. The molecule has 6 nitrogen and oxygen atoms in total. The Kier molecular flexibility index (Phi) is 6.21. The number of aromatic nitrogens is 2. The zero-order valence-corrected chi connectivity index (χ0v) is 16.1. The van der Waals surface area contributed by atoms with Crippen LogP contribution in [0.15, 0.2) is 53.1 Å². The van der Waals surface area contributed by atoms with Gasteiger partial charge in [-0.05, 0) is 31.0 Å². The standard InChI is InChI=1S/C21H26N4O2/c1-15(2)25(14-20-23-21(12-22)27-24-20)13-16-8-10-17(11-9-16)18-6-4-5-7-19(18)26-3/h4-11,15H,12-14,22H2,1-3H3. The van der Waals surface area contributed by atoms with Crippen LogP contribution in [0.1, 0.15) is 31.1 Å². The number of para-hydroxylation sites is 1. The van der Waals surface area contributed by atoms with E-state index in [0.29, 0.717) is 24.3 Å². The van der Waals surface area contributed by atoms with E-state index in [1.54, 1.807) is 7.11 Å². The Balaban J connectivity index is 1.73. The van der Waals surface area contributed by atoms with E-state index in [0.717, 1.165) is 23.4 Å². The molecule has 3 aromatic rings. The first-order valence-corrected chi connectivity index (χ1v) is 9.08. The summed E-state index contributed by atoms with van der Waals surface area (Å²) in [6.45, 7) is 6.01. The fourth-order valence-corrected chi connectivity index (χ4v) is 2.95. The number of nitrogens with two attached hydrogens (primary N) is 1. The highest BCUT2D eigenvalue weighted by Gasteiger charge is 2.15. The molecule has 142 valence electrons. The topological polar surface area (TPSA) is 77.4 Å². The molecule has 2 N–H and O–H groups in total. The minimum Gasteiger partial charge on any atom is -0.496 e. The predicted octanol–water partition coefficient (Wildman–Crippen LogP) is 3.61. The highest BCUT2D eigenvalue weighted by Crippen LogP contribution is 2.29. The molecule has 0 spiro atoms. The first-order chi connectivity index (χ1) is 13.1. The number of methoxy groups -OCH3 is 1. The third-order valence-electron chi connectivity index (χ3n) is 4.52. The van der Waals surface area contributed by atoms with Gasteiger partial charge in [0, 0.05) is 18.2 Å². The van der Waals surface area contributed by atoms with Gasteiger partial charge in [-0.25, -0.2) is 0 Å². The minimum absolute atomic E-state index is 0.263. The normalized spacial score (nSPS) is 11.3. The summed E-state index contributed by atoms with van der Waals surface area (Å²) < 4.78 is 10.6. The predicted molar refractivity (Wildman–Crippen MR) is 105 cm³/mol. The second-order valence-electron chi connectivity index (χ2n) is 6.70. The number of benzene rings is 2. The highest BCUT2D eigenvalue weighted by molar-refractivity contribution is 5.70. The smallest absolute Gasteiger partial charge is 0.240 e. The first kappa shape index (κ1) is 19.1. The van der Waals surface area contributed by atoms with Crippen molar-refractivity contribution >= 4 is 0 Å². The summed E-state index contributed by atoms with van der Waals surface area (Å²) in [4.78, 5) is 6.60. The zero-order chi connectivity index (χ0) is 19.2. The van der Waals surface area contributed by atoms with Crippen LogP contribution in [0.3, 0.4) is 0 Å². The van der Waals surface area contributed by atoms with Crippen molar-refractivity contribution in [3.8, 4) is 16.9 Å². The summed E-state index contributed by atoms with van der Waals surface area (Å²) in [6, 6.07) is 17.0. The monoisotopic (exact) mass is 366 g/mol. The molecule has 0 saturated carbocycles. The Morgan fingerprint density at radius 1 is 1.07 bits per heavy atom. The van der Waals surface area contributed by atoms with Crippen LogP contribution in [0.25, 0.3) is 11.1 Å². The van der Waals surface area contributed by atoms with Crippen LogP contribution >= 0.6 is 0 Å². The molecule has 1 aromatic heterocycles. The second kappa shape index (κ2) is 8.79. The Morgan fingerprint density at radius 2 is 1.81 bits per heavy atom. The van der Waals surface area contributed by atoms with Crippen molar-refractivity contribution in [3.63, 3.8) is 0 Å². The van der Waals surface area contributed by atoms with Gasteiger partial charge in [-0.15, -0.1) is 0 Å². The van der Waals surface area contributed by atoms with Crippen molar-refractivity contribution in [2.24, 2.45) is 5.73 Å². The summed E-state index contributed by atoms with van der Waals surface area (Å²) in [5.41, 5.74) is 9.00. The van der Waals surface area contributed by atoms with Gasteiger partial charge < -0.3 is 15.0 Å². The maximum Gasteiger partial charge on any atom is 0.240 e. The molecule has 27 heavy (non-hydrogen) atoms. The van der Waals surface area contributed by atoms with Gasteiger partial charge >= 0.3 is 0 Å². The fraction of sp³-hybridized carbons (Fsp3) is 0.333. The van der Waals surface area contributed by atoms with Crippen LogP contribution in [0, 0.1) is 0 Å². The molecule has 0 amide bonds. The van der Waals surface area contributed by atoms with E-state index in [1.807, 2.05) is 18.2 Å². The van der Waals surface area contributed by atoms with Gasteiger partial charge in [0.15, 0.2) is 5.82 Å². The molecule has 0 bridgehead atoms. The van der Waals surface area contributed by atoms with Crippen LogP contribution in [0.4, 0.5) is 0 Å². The number of hydrogen-bond acceptors (Lipinski definition) is 6. The van der Waals surface area contributed by atoms with Gasteiger partial charge in [-0.3, -0.25) is 4.90 Å². The number of hydrogen-bond donors (Lipinski definition) is 1. The highest BCUT2D eigenvalue weighted by atomic mass is 16.5. The Morgan fingerprint density at radius 3 is 2.44 bits per heavy atom. The van der Waals surface area contributed by atoms with Gasteiger partial charge in [0.25, 0.3) is 0 Å². The van der Waals surface area contributed by atoms with E-state index in [9.17, 15) is 0 Å². The van der Waals surface area contributed by atoms with E-state index in [1.165, 1.54) is 5.56 Å². The molecule has 6 heteroatoms. The average molecular weight is 366 g/mol. The van der Waals surface area contributed by atoms with Crippen LogP contribution in [0.5, 0.6) is 5.75 Å². The van der Waals surface area contributed by atoms with E-state index in [4.69, 9.17) is 15.0 Å². The van der Waals surface area contributed by atoms with Crippen LogP contribution in [0.2, 0.25) is 0 Å². The molecule has 0 aliphatic rings. The summed E-state index contributed by atoms with van der Waals surface area (Å²) in [6.07, 6.45) is 0. The maximum absolute atomic E-state index is 5.54. The lowest BCUT2D eigenvalue weighted by atomic mass is 10.0. The fourth-order valence-electron chi connectivity index (χ4n) is 2.95. The molecule has 0 atom stereocenters. The van der Waals surface area contributed by atoms with E-state index < -0.39 is 0 Å². The van der Waals surface area contributed by atoms with Gasteiger partial charge in [-0.2, -0.15) is 4.98 Å². The third-order valence-corrected chi connectivity index (χ3v) is 4.52. The van der Waals surface area contributed by atoms with Gasteiger partial charge in [0.2, 0.25) is 5.89 Å². The minimum atomic E-state index is 0.263. The number of rotatable bonds is 8. The van der Waals surface area contributed by atoms with Gasteiger partial charge in [-0.1, -0.05) is 47.6 Å². The lowest BCUT2D eigenvalue weighted by Gasteiger charge is -2.25. The molecule has 1 heterocycles. The Labute approximate surface area is 159 Å². The van der Waals surface area contributed by atoms with Crippen molar-refractivity contribution in [3.05, 3.63) is 65.8 Å². The lowest BCUT2D eigenvalue weighted by Crippen LogP contribution is -2.30. The quantitative estimate of drug-likeness (QED) is 0.656. The van der Waals surface area contributed by atoms with E-state index in [2.05, 4.69) is 59.2 Å². The molecule has 3 rings (SSSR count). The van der Waals surface area contributed by atoms with Crippen molar-refractivity contribution in [2.75, 3.05) is 7.11 Å². The van der Waals surface area contributed by atoms with Gasteiger partial charge in [0.05, 0.1) is 20.2 Å². The summed E-state index contributed by atoms with van der Waals surface area (Å²) in [5.74, 6) is 2.01. The Bertz CT molecular complexity index is 859. The van der Waals surface area contributed by atoms with E-state index >= 15 is 0 Å². The first-order valence-electron chi connectivity index (χ1n) is 9.08. The van der Waals surface area contributed by atoms with E-state index in [-0.39, 0.29) is 6.54 Å². The molecule has 0 radical (unpaired) electrons. The third kappa shape index (κ3) is 4.72. The zero-order valence-electron chi connectivity index (χ0n) is 16.1. The summed E-state index contributed by atoms with van der Waals surface area (Å²) in [7, 11) is 1.70. The Hall–Kier alpha value is -2.70. The summed E-state index contributed by atoms with van der Waals surface area (Å²) in [5, 5.41) is 4.00. The van der Waals surface area contributed by atoms with Crippen LogP contribution in [-0.2, 0) is 19.6 Å². The molecule has 0 fully saturated rings. The number of ether oxygens (including phenoxy) is 1. The van der Waals surface area contributed by atoms with Crippen molar-refractivity contribution in [1.29, 1.82) is 0 Å². The molecule has 2 aromatic carbocycles. The molecule has 0 unspecified atom stereocenters. The largest absolute Gasteiger partial charge is 0.496 e. The summed E-state index contributed by atoms with van der Waals surface area (Å²) >= 11 is 0. The van der Waals surface area contributed by atoms with Crippen molar-refractivity contribution in [1.82, 2.24) is 15.0 Å².